The molecular weight excluding hydrogens is 190 g/mol. The highest BCUT2D eigenvalue weighted by Crippen LogP contribution is 2.21. The van der Waals surface area contributed by atoms with Gasteiger partial charge < -0.3 is 4.57 Å². The first-order chi connectivity index (χ1) is 7.02. The Kier molecular flexibility index (Phi) is 2.14. The van der Waals surface area contributed by atoms with E-state index in [-0.39, 0.29) is 5.56 Å². The molecule has 4 nitrogen and oxygen atoms in total. The van der Waals surface area contributed by atoms with E-state index < -0.39 is 0 Å². The SMILES string of the molecule is CC(C)c1cn(C)c(=O)c2c1cnn2C. The Hall–Kier alpha value is -1.58. The van der Waals surface area contributed by atoms with E-state index in [1.54, 1.807) is 29.5 Å². The summed E-state index contributed by atoms with van der Waals surface area (Å²) in [6.45, 7) is 4.23. The summed E-state index contributed by atoms with van der Waals surface area (Å²) < 4.78 is 3.27. The third-order valence-electron chi connectivity index (χ3n) is 2.73. The summed E-state index contributed by atoms with van der Waals surface area (Å²) in [6, 6.07) is 0. The van der Waals surface area contributed by atoms with E-state index in [4.69, 9.17) is 0 Å². The zero-order valence-electron chi connectivity index (χ0n) is 9.48. The molecule has 0 saturated carbocycles. The van der Waals surface area contributed by atoms with Crippen LogP contribution in [0.15, 0.2) is 17.2 Å². The Morgan fingerprint density at radius 3 is 2.60 bits per heavy atom. The van der Waals surface area contributed by atoms with Gasteiger partial charge in [0, 0.05) is 25.7 Å². The van der Waals surface area contributed by atoms with Gasteiger partial charge in [-0.3, -0.25) is 9.48 Å². The van der Waals surface area contributed by atoms with Crippen LogP contribution in [0, 0.1) is 0 Å². The Bertz CT molecular complexity index is 563. The number of pyridine rings is 1. The van der Waals surface area contributed by atoms with Crippen LogP contribution < -0.4 is 5.56 Å². The van der Waals surface area contributed by atoms with Crippen LogP contribution in [0.4, 0.5) is 0 Å². The standard InChI is InChI=1S/C11H15N3O/c1-7(2)9-6-13(3)11(15)10-8(9)5-12-14(10)4/h5-7H,1-4H3. The van der Waals surface area contributed by atoms with Gasteiger partial charge in [-0.1, -0.05) is 13.8 Å². The van der Waals surface area contributed by atoms with Crippen molar-refractivity contribution in [2.45, 2.75) is 19.8 Å². The molecule has 0 saturated heterocycles. The molecule has 0 N–H and O–H groups in total. The highest BCUT2D eigenvalue weighted by Gasteiger charge is 2.12. The fourth-order valence-corrected chi connectivity index (χ4v) is 1.87. The molecule has 80 valence electrons. The molecule has 0 fully saturated rings. The second-order valence-corrected chi connectivity index (χ2v) is 4.19. The molecule has 4 heteroatoms. The minimum atomic E-state index is 0.00870. The molecule has 0 amide bonds. The number of fused-ring (bicyclic) bond motifs is 1. The van der Waals surface area contributed by atoms with Gasteiger partial charge in [0.25, 0.3) is 5.56 Å². The number of aryl methyl sites for hydroxylation is 2. The molecule has 2 aromatic rings. The zero-order valence-corrected chi connectivity index (χ0v) is 9.48. The van der Waals surface area contributed by atoms with Crippen molar-refractivity contribution in [3.63, 3.8) is 0 Å². The summed E-state index contributed by atoms with van der Waals surface area (Å²) in [5, 5.41) is 5.11. The zero-order chi connectivity index (χ0) is 11.2. The van der Waals surface area contributed by atoms with Gasteiger partial charge in [0.05, 0.1) is 6.20 Å². The van der Waals surface area contributed by atoms with Crippen molar-refractivity contribution in [1.29, 1.82) is 0 Å². The van der Waals surface area contributed by atoms with Crippen LogP contribution in [0.3, 0.4) is 0 Å². The molecule has 0 bridgehead atoms. The minimum absolute atomic E-state index is 0.00870. The predicted octanol–water partition coefficient (Wildman–Crippen LogP) is 1.40. The number of hydrogen-bond acceptors (Lipinski definition) is 2. The van der Waals surface area contributed by atoms with Crippen molar-refractivity contribution in [3.8, 4) is 0 Å². The van der Waals surface area contributed by atoms with E-state index in [9.17, 15) is 4.79 Å². The maximum atomic E-state index is 11.9. The molecule has 0 radical (unpaired) electrons. The van der Waals surface area contributed by atoms with Crippen LogP contribution in [0.2, 0.25) is 0 Å². The molecule has 0 unspecified atom stereocenters. The first-order valence-corrected chi connectivity index (χ1v) is 5.03. The second-order valence-electron chi connectivity index (χ2n) is 4.19. The van der Waals surface area contributed by atoms with E-state index >= 15 is 0 Å². The lowest BCUT2D eigenvalue weighted by atomic mass is 10.0. The molecule has 15 heavy (non-hydrogen) atoms. The Morgan fingerprint density at radius 1 is 1.33 bits per heavy atom. The van der Waals surface area contributed by atoms with Gasteiger partial charge in [0.1, 0.15) is 5.52 Å². The topological polar surface area (TPSA) is 39.8 Å². The molecule has 0 aliphatic rings. The van der Waals surface area contributed by atoms with Gasteiger partial charge in [-0.15, -0.1) is 0 Å². The molecule has 2 heterocycles. The molecule has 0 aromatic carbocycles. The molecule has 0 atom stereocenters. The van der Waals surface area contributed by atoms with Gasteiger partial charge >= 0.3 is 0 Å². The van der Waals surface area contributed by atoms with Gasteiger partial charge in [-0.2, -0.15) is 5.10 Å². The maximum absolute atomic E-state index is 11.9. The first-order valence-electron chi connectivity index (χ1n) is 5.03. The van der Waals surface area contributed by atoms with Crippen LogP contribution >= 0.6 is 0 Å². The van der Waals surface area contributed by atoms with E-state index in [0.717, 1.165) is 5.39 Å². The van der Waals surface area contributed by atoms with Crippen molar-refractivity contribution in [2.24, 2.45) is 14.1 Å². The average molecular weight is 205 g/mol. The summed E-state index contributed by atoms with van der Waals surface area (Å²) in [5.74, 6) is 0.392. The normalized spacial score (nSPS) is 11.5. The number of aromatic nitrogens is 3. The van der Waals surface area contributed by atoms with E-state index in [1.807, 2.05) is 6.20 Å². The summed E-state index contributed by atoms with van der Waals surface area (Å²) in [7, 11) is 3.58. The second kappa shape index (κ2) is 3.22. The van der Waals surface area contributed by atoms with Crippen molar-refractivity contribution in [2.75, 3.05) is 0 Å². The molecule has 2 aromatic heterocycles. The maximum Gasteiger partial charge on any atom is 0.276 e. The van der Waals surface area contributed by atoms with Crippen molar-refractivity contribution in [1.82, 2.24) is 14.3 Å². The smallest absolute Gasteiger partial charge is 0.276 e. The summed E-state index contributed by atoms with van der Waals surface area (Å²) in [5.41, 5.74) is 1.86. The van der Waals surface area contributed by atoms with Crippen molar-refractivity contribution >= 4 is 10.9 Å². The Labute approximate surface area is 88.1 Å². The summed E-state index contributed by atoms with van der Waals surface area (Å²) >= 11 is 0. The predicted molar refractivity (Wildman–Crippen MR) is 60.0 cm³/mol. The number of hydrogen-bond donors (Lipinski definition) is 0. The largest absolute Gasteiger partial charge is 0.316 e. The fourth-order valence-electron chi connectivity index (χ4n) is 1.87. The van der Waals surface area contributed by atoms with Gasteiger partial charge in [0.2, 0.25) is 0 Å². The number of nitrogens with zero attached hydrogens (tertiary/aromatic N) is 3. The van der Waals surface area contributed by atoms with Gasteiger partial charge in [-0.05, 0) is 11.5 Å². The Balaban J connectivity index is 2.97. The van der Waals surface area contributed by atoms with Crippen LogP contribution in [0.25, 0.3) is 10.9 Å². The highest BCUT2D eigenvalue weighted by atomic mass is 16.1. The van der Waals surface area contributed by atoms with Crippen molar-refractivity contribution in [3.05, 3.63) is 28.3 Å². The lowest BCUT2D eigenvalue weighted by Gasteiger charge is -2.09. The van der Waals surface area contributed by atoms with Crippen molar-refractivity contribution < 1.29 is 0 Å². The quantitative estimate of drug-likeness (QED) is 0.706. The van der Waals surface area contributed by atoms with Crippen LogP contribution in [0.5, 0.6) is 0 Å². The van der Waals surface area contributed by atoms with Crippen LogP contribution in [-0.2, 0) is 14.1 Å². The van der Waals surface area contributed by atoms with E-state index in [0.29, 0.717) is 11.4 Å². The third-order valence-corrected chi connectivity index (χ3v) is 2.73. The molecule has 0 aliphatic heterocycles. The minimum Gasteiger partial charge on any atom is -0.316 e. The number of rotatable bonds is 1. The molecule has 0 spiro atoms. The van der Waals surface area contributed by atoms with Crippen LogP contribution in [-0.4, -0.2) is 14.3 Å². The van der Waals surface area contributed by atoms with E-state index in [2.05, 4.69) is 18.9 Å². The summed E-state index contributed by atoms with van der Waals surface area (Å²) in [4.78, 5) is 11.9. The highest BCUT2D eigenvalue weighted by molar-refractivity contribution is 5.81. The molecule has 0 aliphatic carbocycles. The first kappa shape index (κ1) is 9.96. The molecule has 2 rings (SSSR count). The van der Waals surface area contributed by atoms with E-state index in [1.165, 1.54) is 5.56 Å². The lowest BCUT2D eigenvalue weighted by Crippen LogP contribution is -2.19. The van der Waals surface area contributed by atoms with Gasteiger partial charge in [0.15, 0.2) is 0 Å². The third kappa shape index (κ3) is 1.37. The molecular formula is C11H15N3O. The fraction of sp³-hybridized carbons (Fsp3) is 0.455. The Morgan fingerprint density at radius 2 is 2.00 bits per heavy atom. The average Bonchev–Trinajstić information content (AvgIpc) is 2.54. The van der Waals surface area contributed by atoms with Gasteiger partial charge in [-0.25, -0.2) is 0 Å². The summed E-state index contributed by atoms with van der Waals surface area (Å²) in [6.07, 6.45) is 3.67. The lowest BCUT2D eigenvalue weighted by molar-refractivity contribution is 0.770. The monoisotopic (exact) mass is 205 g/mol. The van der Waals surface area contributed by atoms with Crippen LogP contribution in [0.1, 0.15) is 25.3 Å².